The molecular formula is C13H23NO. The van der Waals surface area contributed by atoms with Crippen LogP contribution in [0.15, 0.2) is 0 Å². The fraction of sp³-hybridized carbons (Fsp3) is 1.00. The fourth-order valence-corrected chi connectivity index (χ4v) is 5.10. The highest BCUT2D eigenvalue weighted by atomic mass is 16.3. The van der Waals surface area contributed by atoms with Gasteiger partial charge in [0, 0.05) is 6.04 Å². The first-order valence-electron chi connectivity index (χ1n) is 6.53. The minimum absolute atomic E-state index is 0.0544. The van der Waals surface area contributed by atoms with Gasteiger partial charge in [0.1, 0.15) is 0 Å². The zero-order chi connectivity index (χ0) is 10.6. The number of aliphatic hydroxyl groups is 1. The monoisotopic (exact) mass is 209 g/mol. The lowest BCUT2D eigenvalue weighted by molar-refractivity contribution is -0.125. The van der Waals surface area contributed by atoms with E-state index >= 15 is 0 Å². The van der Waals surface area contributed by atoms with Gasteiger partial charge in [0.25, 0.3) is 0 Å². The molecule has 2 heteroatoms. The Morgan fingerprint density at radius 2 is 1.47 bits per heavy atom. The van der Waals surface area contributed by atoms with Crippen LogP contribution >= 0.6 is 0 Å². The summed E-state index contributed by atoms with van der Waals surface area (Å²) < 4.78 is 0. The topological polar surface area (TPSA) is 46.2 Å². The molecule has 3 N–H and O–H groups in total. The van der Waals surface area contributed by atoms with E-state index in [9.17, 15) is 5.11 Å². The number of aliphatic hydroxyl groups excluding tert-OH is 1. The molecule has 2 unspecified atom stereocenters. The Morgan fingerprint density at radius 1 is 1.07 bits per heavy atom. The van der Waals surface area contributed by atoms with Crippen LogP contribution in [-0.2, 0) is 0 Å². The summed E-state index contributed by atoms with van der Waals surface area (Å²) in [5.74, 6) is 2.72. The van der Waals surface area contributed by atoms with Crippen molar-refractivity contribution in [3.05, 3.63) is 0 Å². The van der Waals surface area contributed by atoms with Crippen LogP contribution in [0.5, 0.6) is 0 Å². The van der Waals surface area contributed by atoms with E-state index in [1.165, 1.54) is 38.5 Å². The molecule has 0 amide bonds. The molecule has 4 saturated carbocycles. The van der Waals surface area contributed by atoms with Gasteiger partial charge in [0.05, 0.1) is 6.10 Å². The van der Waals surface area contributed by atoms with E-state index in [1.54, 1.807) is 0 Å². The van der Waals surface area contributed by atoms with Crippen LogP contribution in [-0.4, -0.2) is 17.3 Å². The normalized spacial score (nSPS) is 51.8. The molecule has 4 bridgehead atoms. The van der Waals surface area contributed by atoms with Gasteiger partial charge >= 0.3 is 0 Å². The van der Waals surface area contributed by atoms with Crippen LogP contribution in [0, 0.1) is 23.2 Å². The fourth-order valence-electron chi connectivity index (χ4n) is 5.10. The maximum atomic E-state index is 10.4. The molecule has 0 aliphatic heterocycles. The molecule has 0 saturated heterocycles. The van der Waals surface area contributed by atoms with Crippen molar-refractivity contribution in [2.75, 3.05) is 0 Å². The molecule has 15 heavy (non-hydrogen) atoms. The summed E-state index contributed by atoms with van der Waals surface area (Å²) >= 11 is 0. The predicted molar refractivity (Wildman–Crippen MR) is 60.3 cm³/mol. The van der Waals surface area contributed by atoms with Gasteiger partial charge in [-0.05, 0) is 68.6 Å². The van der Waals surface area contributed by atoms with E-state index in [0.717, 1.165) is 17.8 Å². The van der Waals surface area contributed by atoms with Crippen molar-refractivity contribution in [1.82, 2.24) is 0 Å². The maximum Gasteiger partial charge on any atom is 0.0744 e. The summed E-state index contributed by atoms with van der Waals surface area (Å²) in [7, 11) is 0. The third-order valence-corrected chi connectivity index (χ3v) is 5.21. The molecule has 0 spiro atoms. The number of hydrogen-bond donors (Lipinski definition) is 2. The molecule has 4 fully saturated rings. The highest BCUT2D eigenvalue weighted by Gasteiger charge is 2.54. The summed E-state index contributed by atoms with van der Waals surface area (Å²) in [6.45, 7) is 1.96. The van der Waals surface area contributed by atoms with Crippen molar-refractivity contribution in [2.45, 2.75) is 57.6 Å². The second-order valence-corrected chi connectivity index (χ2v) is 6.58. The quantitative estimate of drug-likeness (QED) is 0.730. The average molecular weight is 209 g/mol. The van der Waals surface area contributed by atoms with Gasteiger partial charge in [0.2, 0.25) is 0 Å². The Bertz CT molecular complexity index is 226. The van der Waals surface area contributed by atoms with Crippen LogP contribution in [0.2, 0.25) is 0 Å². The van der Waals surface area contributed by atoms with E-state index in [2.05, 4.69) is 0 Å². The van der Waals surface area contributed by atoms with Crippen LogP contribution in [0.4, 0.5) is 0 Å². The lowest BCUT2D eigenvalue weighted by atomic mass is 9.47. The second-order valence-electron chi connectivity index (χ2n) is 6.58. The maximum absolute atomic E-state index is 10.4. The van der Waals surface area contributed by atoms with E-state index in [4.69, 9.17) is 5.73 Å². The third-order valence-electron chi connectivity index (χ3n) is 5.21. The molecule has 4 aliphatic rings. The molecular weight excluding hydrogens is 186 g/mol. The van der Waals surface area contributed by atoms with Crippen molar-refractivity contribution in [2.24, 2.45) is 28.9 Å². The molecule has 0 aromatic carbocycles. The lowest BCUT2D eigenvalue weighted by Crippen LogP contribution is -2.56. The minimum Gasteiger partial charge on any atom is -0.391 e. The Hall–Kier alpha value is -0.0800. The van der Waals surface area contributed by atoms with Gasteiger partial charge in [-0.25, -0.2) is 0 Å². The van der Waals surface area contributed by atoms with Crippen LogP contribution in [0.1, 0.15) is 45.4 Å². The zero-order valence-electron chi connectivity index (χ0n) is 9.65. The SMILES string of the molecule is CC(N)C(O)C12CC3CC(CC(C3)C1)C2. The summed E-state index contributed by atoms with van der Waals surface area (Å²) in [4.78, 5) is 0. The van der Waals surface area contributed by atoms with E-state index in [-0.39, 0.29) is 17.6 Å². The number of hydrogen-bond acceptors (Lipinski definition) is 2. The van der Waals surface area contributed by atoms with Gasteiger partial charge in [-0.15, -0.1) is 0 Å². The standard InChI is InChI=1S/C13H23NO/c1-8(14)12(15)13-5-9-2-10(6-13)4-11(3-9)7-13/h8-12,15H,2-7,14H2,1H3. The second kappa shape index (κ2) is 3.21. The Kier molecular flexibility index (Phi) is 2.16. The van der Waals surface area contributed by atoms with Gasteiger partial charge in [0.15, 0.2) is 0 Å². The summed E-state index contributed by atoms with van der Waals surface area (Å²) in [5, 5.41) is 10.4. The number of nitrogens with two attached hydrogens (primary N) is 1. The van der Waals surface area contributed by atoms with Crippen molar-refractivity contribution >= 4 is 0 Å². The predicted octanol–water partition coefficient (Wildman–Crippen LogP) is 1.91. The van der Waals surface area contributed by atoms with Crippen LogP contribution in [0.3, 0.4) is 0 Å². The highest BCUT2D eigenvalue weighted by molar-refractivity contribution is 5.05. The molecule has 0 aromatic rings. The van der Waals surface area contributed by atoms with E-state index in [1.807, 2.05) is 6.92 Å². The van der Waals surface area contributed by atoms with Gasteiger partial charge < -0.3 is 10.8 Å². The number of rotatable bonds is 2. The molecule has 4 aliphatic carbocycles. The Balaban J connectivity index is 1.86. The summed E-state index contributed by atoms with van der Waals surface area (Å²) in [6, 6.07) is -0.0544. The molecule has 86 valence electrons. The minimum atomic E-state index is -0.258. The van der Waals surface area contributed by atoms with Crippen molar-refractivity contribution < 1.29 is 5.11 Å². The molecule has 0 radical (unpaired) electrons. The third kappa shape index (κ3) is 1.45. The first kappa shape index (κ1) is 10.1. The smallest absolute Gasteiger partial charge is 0.0744 e. The zero-order valence-corrected chi connectivity index (χ0v) is 9.65. The summed E-state index contributed by atoms with van der Waals surface area (Å²) in [6.07, 6.45) is 7.80. The average Bonchev–Trinajstić information content (AvgIpc) is 2.14. The molecule has 0 heterocycles. The largest absolute Gasteiger partial charge is 0.391 e. The Labute approximate surface area is 92.2 Å². The molecule has 2 atom stereocenters. The van der Waals surface area contributed by atoms with Crippen LogP contribution in [0.25, 0.3) is 0 Å². The molecule has 0 aromatic heterocycles. The molecule has 4 rings (SSSR count). The van der Waals surface area contributed by atoms with E-state index < -0.39 is 0 Å². The van der Waals surface area contributed by atoms with Gasteiger partial charge in [-0.1, -0.05) is 0 Å². The molecule has 2 nitrogen and oxygen atoms in total. The highest BCUT2D eigenvalue weighted by Crippen LogP contribution is 2.61. The van der Waals surface area contributed by atoms with Gasteiger partial charge in [-0.3, -0.25) is 0 Å². The first-order chi connectivity index (χ1) is 7.09. The van der Waals surface area contributed by atoms with Gasteiger partial charge in [-0.2, -0.15) is 0 Å². The first-order valence-corrected chi connectivity index (χ1v) is 6.53. The van der Waals surface area contributed by atoms with Crippen LogP contribution < -0.4 is 5.73 Å². The summed E-state index contributed by atoms with van der Waals surface area (Å²) in [5.41, 5.74) is 6.12. The lowest BCUT2D eigenvalue weighted by Gasteiger charge is -2.59. The van der Waals surface area contributed by atoms with E-state index in [0.29, 0.717) is 0 Å². The van der Waals surface area contributed by atoms with Crippen molar-refractivity contribution in [3.63, 3.8) is 0 Å². The van der Waals surface area contributed by atoms with Crippen molar-refractivity contribution in [1.29, 1.82) is 0 Å². The van der Waals surface area contributed by atoms with Crippen molar-refractivity contribution in [3.8, 4) is 0 Å². The Morgan fingerprint density at radius 3 is 1.80 bits per heavy atom.